The Morgan fingerprint density at radius 3 is 2.52 bits per heavy atom. The normalized spacial score (nSPS) is 14.4. The van der Waals surface area contributed by atoms with Crippen molar-refractivity contribution in [2.24, 2.45) is 0 Å². The monoisotopic (exact) mass is 383 g/mol. The second-order valence-corrected chi connectivity index (χ2v) is 7.00. The van der Waals surface area contributed by atoms with Crippen molar-refractivity contribution in [3.8, 4) is 22.9 Å². The highest BCUT2D eigenvalue weighted by molar-refractivity contribution is 5.74. The number of fused-ring (bicyclic) bond motifs is 1. The predicted octanol–water partition coefficient (Wildman–Crippen LogP) is 4.20. The molecule has 0 aromatic heterocycles. The number of amides is 2. The van der Waals surface area contributed by atoms with Crippen molar-refractivity contribution in [1.82, 2.24) is 10.6 Å². The smallest absolute Gasteiger partial charge is 0.315 e. The number of carbonyl (C=O) groups excluding carboxylic acids is 1. The van der Waals surface area contributed by atoms with Crippen LogP contribution >= 0.6 is 0 Å². The molecule has 0 bridgehead atoms. The van der Waals surface area contributed by atoms with Crippen molar-refractivity contribution in [1.29, 1.82) is 5.26 Å². The highest BCUT2D eigenvalue weighted by Crippen LogP contribution is 2.34. The molecule has 1 heterocycles. The highest BCUT2D eigenvalue weighted by Gasteiger charge is 2.24. The van der Waals surface area contributed by atoms with Crippen molar-refractivity contribution >= 4 is 6.03 Å². The van der Waals surface area contributed by atoms with E-state index in [0.717, 1.165) is 22.4 Å². The molecular formula is C24H21N3O2. The zero-order chi connectivity index (χ0) is 20.1. The first-order valence-corrected chi connectivity index (χ1v) is 9.56. The highest BCUT2D eigenvalue weighted by atomic mass is 16.5. The molecular weight excluding hydrogens is 362 g/mol. The summed E-state index contributed by atoms with van der Waals surface area (Å²) in [5, 5.41) is 14.8. The number of hydrogen-bond acceptors (Lipinski definition) is 3. The molecule has 2 amide bonds. The molecule has 0 aliphatic carbocycles. The molecule has 1 aliphatic rings. The molecule has 2 N–H and O–H groups in total. The number of nitriles is 1. The number of nitrogens with one attached hydrogen (secondary N) is 2. The first-order chi connectivity index (χ1) is 14.2. The summed E-state index contributed by atoms with van der Waals surface area (Å²) in [4.78, 5) is 12.2. The van der Waals surface area contributed by atoms with Gasteiger partial charge in [-0.1, -0.05) is 54.6 Å². The van der Waals surface area contributed by atoms with E-state index in [1.807, 2.05) is 42.5 Å². The minimum Gasteiger partial charge on any atom is -0.493 e. The lowest BCUT2D eigenvalue weighted by Crippen LogP contribution is -2.37. The molecule has 0 radical (unpaired) electrons. The van der Waals surface area contributed by atoms with Crippen LogP contribution < -0.4 is 15.4 Å². The van der Waals surface area contributed by atoms with Gasteiger partial charge in [-0.05, 0) is 34.9 Å². The van der Waals surface area contributed by atoms with Gasteiger partial charge in [-0.15, -0.1) is 0 Å². The third-order valence-electron chi connectivity index (χ3n) is 5.04. The third kappa shape index (κ3) is 4.39. The van der Waals surface area contributed by atoms with Crippen LogP contribution in [0.4, 0.5) is 4.79 Å². The van der Waals surface area contributed by atoms with Crippen molar-refractivity contribution in [3.63, 3.8) is 0 Å². The Balaban J connectivity index is 1.28. The van der Waals surface area contributed by atoms with Crippen LogP contribution in [0.1, 0.15) is 22.6 Å². The maximum absolute atomic E-state index is 12.2. The van der Waals surface area contributed by atoms with Crippen LogP contribution in [0.5, 0.6) is 5.75 Å². The van der Waals surface area contributed by atoms with Crippen LogP contribution in [0.25, 0.3) is 11.1 Å². The van der Waals surface area contributed by atoms with Crippen LogP contribution in [0, 0.1) is 11.3 Å². The van der Waals surface area contributed by atoms with E-state index in [9.17, 15) is 4.79 Å². The van der Waals surface area contributed by atoms with Crippen LogP contribution in [0.3, 0.4) is 0 Å². The zero-order valence-corrected chi connectivity index (χ0v) is 15.9. The Morgan fingerprint density at radius 2 is 1.76 bits per heavy atom. The second-order valence-electron chi connectivity index (χ2n) is 7.00. The van der Waals surface area contributed by atoms with Crippen LogP contribution in [-0.4, -0.2) is 19.2 Å². The molecule has 1 atom stereocenters. The quantitative estimate of drug-likeness (QED) is 0.693. The van der Waals surface area contributed by atoms with E-state index in [1.54, 1.807) is 6.07 Å². The van der Waals surface area contributed by atoms with E-state index < -0.39 is 0 Å². The van der Waals surface area contributed by atoms with Crippen molar-refractivity contribution in [3.05, 3.63) is 89.5 Å². The summed E-state index contributed by atoms with van der Waals surface area (Å²) in [6.07, 6.45) is 0. The summed E-state index contributed by atoms with van der Waals surface area (Å²) < 4.78 is 5.64. The molecule has 5 nitrogen and oxygen atoms in total. The van der Waals surface area contributed by atoms with Gasteiger partial charge in [-0.2, -0.15) is 5.26 Å². The lowest BCUT2D eigenvalue weighted by Gasteiger charge is -2.12. The van der Waals surface area contributed by atoms with Gasteiger partial charge in [0.05, 0.1) is 18.2 Å². The number of ether oxygens (including phenoxy) is 1. The Bertz CT molecular complexity index is 1040. The SMILES string of the molecule is N#Cc1ccc2c(c1)C(CNC(=O)NCc1ccc(-c3ccccc3)cc1)CO2. The summed E-state index contributed by atoms with van der Waals surface area (Å²) in [7, 11) is 0. The summed E-state index contributed by atoms with van der Waals surface area (Å²) in [6.45, 7) is 1.42. The van der Waals surface area contributed by atoms with Crippen molar-refractivity contribution in [2.75, 3.05) is 13.2 Å². The zero-order valence-electron chi connectivity index (χ0n) is 15.9. The van der Waals surface area contributed by atoms with Gasteiger partial charge in [0.2, 0.25) is 0 Å². The molecule has 1 aliphatic heterocycles. The van der Waals surface area contributed by atoms with Gasteiger partial charge in [-0.25, -0.2) is 4.79 Å². The Kier molecular flexibility index (Phi) is 5.44. The summed E-state index contributed by atoms with van der Waals surface area (Å²) in [5.41, 5.74) is 4.93. The van der Waals surface area contributed by atoms with Crippen LogP contribution in [0.15, 0.2) is 72.8 Å². The first-order valence-electron chi connectivity index (χ1n) is 9.56. The molecule has 29 heavy (non-hydrogen) atoms. The fourth-order valence-electron chi connectivity index (χ4n) is 3.42. The largest absolute Gasteiger partial charge is 0.493 e. The van der Waals surface area contributed by atoms with Crippen LogP contribution in [0.2, 0.25) is 0 Å². The number of carbonyl (C=O) groups is 1. The van der Waals surface area contributed by atoms with Gasteiger partial charge in [0.25, 0.3) is 0 Å². The maximum atomic E-state index is 12.2. The van der Waals surface area contributed by atoms with Crippen molar-refractivity contribution in [2.45, 2.75) is 12.5 Å². The van der Waals surface area contributed by atoms with Gasteiger partial charge in [0.15, 0.2) is 0 Å². The van der Waals surface area contributed by atoms with E-state index in [1.165, 1.54) is 5.56 Å². The van der Waals surface area contributed by atoms with E-state index in [0.29, 0.717) is 25.3 Å². The summed E-state index contributed by atoms with van der Waals surface area (Å²) >= 11 is 0. The average Bonchev–Trinajstić information content (AvgIpc) is 3.19. The standard InChI is InChI=1S/C24H21N3O2/c25-13-18-8-11-23-22(12-18)21(16-29-23)15-27-24(28)26-14-17-6-9-20(10-7-17)19-4-2-1-3-5-19/h1-12,21H,14-16H2,(H2,26,27,28). The predicted molar refractivity (Wildman–Crippen MR) is 112 cm³/mol. The van der Waals surface area contributed by atoms with Gasteiger partial charge in [0.1, 0.15) is 5.75 Å². The molecule has 0 saturated heterocycles. The fourth-order valence-corrected chi connectivity index (χ4v) is 3.42. The minimum absolute atomic E-state index is 0.0502. The molecule has 1 unspecified atom stereocenters. The Hall–Kier alpha value is -3.78. The van der Waals surface area contributed by atoms with Gasteiger partial charge >= 0.3 is 6.03 Å². The summed E-state index contributed by atoms with van der Waals surface area (Å²) in [5.74, 6) is 0.837. The number of rotatable bonds is 5. The van der Waals surface area contributed by atoms with E-state index in [2.05, 4.69) is 41.0 Å². The molecule has 5 heteroatoms. The summed E-state index contributed by atoms with van der Waals surface area (Å²) in [6, 6.07) is 25.7. The van der Waals surface area contributed by atoms with E-state index in [4.69, 9.17) is 10.00 Å². The molecule has 144 valence electrons. The Morgan fingerprint density at radius 1 is 1.00 bits per heavy atom. The topological polar surface area (TPSA) is 74.2 Å². The third-order valence-corrected chi connectivity index (χ3v) is 5.04. The lowest BCUT2D eigenvalue weighted by molar-refractivity contribution is 0.238. The molecule has 3 aromatic carbocycles. The number of urea groups is 1. The van der Waals surface area contributed by atoms with Gasteiger partial charge < -0.3 is 15.4 Å². The second kappa shape index (κ2) is 8.49. The van der Waals surface area contributed by atoms with Crippen molar-refractivity contribution < 1.29 is 9.53 Å². The number of hydrogen-bond donors (Lipinski definition) is 2. The average molecular weight is 383 g/mol. The lowest BCUT2D eigenvalue weighted by atomic mass is 9.99. The molecule has 0 fully saturated rings. The van der Waals surface area contributed by atoms with E-state index >= 15 is 0 Å². The maximum Gasteiger partial charge on any atom is 0.315 e. The minimum atomic E-state index is -0.220. The Labute approximate surface area is 169 Å². The first kappa shape index (κ1) is 18.6. The fraction of sp³-hybridized carbons (Fsp3) is 0.167. The molecule has 3 aromatic rings. The number of nitrogens with zero attached hydrogens (tertiary/aromatic N) is 1. The number of benzene rings is 3. The van der Waals surface area contributed by atoms with Crippen LogP contribution in [-0.2, 0) is 6.54 Å². The van der Waals surface area contributed by atoms with Gasteiger partial charge in [-0.3, -0.25) is 0 Å². The van der Waals surface area contributed by atoms with Gasteiger partial charge in [0, 0.05) is 24.6 Å². The molecule has 4 rings (SSSR count). The molecule has 0 spiro atoms. The van der Waals surface area contributed by atoms with E-state index in [-0.39, 0.29) is 11.9 Å². The molecule has 0 saturated carbocycles.